The predicted molar refractivity (Wildman–Crippen MR) is 121 cm³/mol. The highest BCUT2D eigenvalue weighted by Gasteiger charge is 2.40. The van der Waals surface area contributed by atoms with E-state index in [0.717, 1.165) is 62.9 Å². The molecule has 184 valence electrons. The highest BCUT2D eigenvalue weighted by atomic mass is 16.7. The van der Waals surface area contributed by atoms with Gasteiger partial charge in [-0.15, -0.1) is 5.10 Å². The Kier molecular flexibility index (Phi) is 6.52. The monoisotopic (exact) mass is 471 g/mol. The van der Waals surface area contributed by atoms with Gasteiger partial charge in [0.05, 0.1) is 23.9 Å². The van der Waals surface area contributed by atoms with Crippen LogP contribution in [0.2, 0.25) is 0 Å². The molecule has 2 aromatic heterocycles. The minimum Gasteiger partial charge on any atom is -0.481 e. The average Bonchev–Trinajstić information content (AvgIpc) is 3.61. The van der Waals surface area contributed by atoms with Crippen LogP contribution in [-0.2, 0) is 27.9 Å². The molecule has 1 aliphatic heterocycles. The fourth-order valence-electron chi connectivity index (χ4n) is 4.85. The second-order valence-electron chi connectivity index (χ2n) is 10.0. The first-order valence-electron chi connectivity index (χ1n) is 12.3. The Morgan fingerprint density at radius 1 is 1.26 bits per heavy atom. The van der Waals surface area contributed by atoms with Gasteiger partial charge in [-0.2, -0.15) is 0 Å². The topological polar surface area (TPSA) is 121 Å². The predicted octanol–water partition coefficient (Wildman–Crippen LogP) is 3.61. The fraction of sp³-hybridized carbons (Fsp3) is 0.708. The molecule has 10 heteroatoms. The summed E-state index contributed by atoms with van der Waals surface area (Å²) in [5, 5.41) is 18.2. The van der Waals surface area contributed by atoms with E-state index in [1.807, 2.05) is 7.05 Å². The van der Waals surface area contributed by atoms with Crippen LogP contribution in [0.3, 0.4) is 0 Å². The SMILES string of the molecule is Cn1nnc(-c2cnc(O[C@H]3CCC[C@](C)(C(=O)O)C3)c(C3CC3)n2)c1COC1CCCCO1. The lowest BCUT2D eigenvalue weighted by Gasteiger charge is -2.34. The van der Waals surface area contributed by atoms with E-state index < -0.39 is 11.4 Å². The van der Waals surface area contributed by atoms with E-state index in [0.29, 0.717) is 42.6 Å². The number of carboxylic acid groups (broad SMARTS) is 1. The Hall–Kier alpha value is -2.59. The fourth-order valence-corrected chi connectivity index (χ4v) is 4.85. The maximum absolute atomic E-state index is 11.7. The van der Waals surface area contributed by atoms with Gasteiger partial charge in [0.1, 0.15) is 23.2 Å². The number of nitrogens with zero attached hydrogens (tertiary/aromatic N) is 5. The molecule has 0 amide bonds. The third kappa shape index (κ3) is 4.93. The number of ether oxygens (including phenoxy) is 3. The van der Waals surface area contributed by atoms with Crippen LogP contribution in [0.4, 0.5) is 0 Å². The molecule has 3 atom stereocenters. The van der Waals surface area contributed by atoms with Crippen molar-refractivity contribution in [1.29, 1.82) is 0 Å². The van der Waals surface area contributed by atoms with Crippen LogP contribution >= 0.6 is 0 Å². The highest BCUT2D eigenvalue weighted by Crippen LogP contribution is 2.44. The van der Waals surface area contributed by atoms with Crippen molar-refractivity contribution in [3.63, 3.8) is 0 Å². The average molecular weight is 472 g/mol. The quantitative estimate of drug-likeness (QED) is 0.615. The molecule has 5 rings (SSSR count). The number of carbonyl (C=O) groups is 1. The van der Waals surface area contributed by atoms with Gasteiger partial charge in [-0.25, -0.2) is 14.6 Å². The van der Waals surface area contributed by atoms with Crippen molar-refractivity contribution in [2.24, 2.45) is 12.5 Å². The Balaban J connectivity index is 1.35. The molecule has 1 unspecified atom stereocenters. The molecule has 34 heavy (non-hydrogen) atoms. The van der Waals surface area contributed by atoms with Gasteiger partial charge in [0.2, 0.25) is 5.88 Å². The summed E-state index contributed by atoms with van der Waals surface area (Å²) < 4.78 is 19.6. The van der Waals surface area contributed by atoms with E-state index >= 15 is 0 Å². The number of hydrogen-bond donors (Lipinski definition) is 1. The van der Waals surface area contributed by atoms with E-state index in [9.17, 15) is 9.90 Å². The smallest absolute Gasteiger partial charge is 0.309 e. The van der Waals surface area contributed by atoms with Crippen molar-refractivity contribution in [2.45, 2.75) is 89.6 Å². The zero-order chi connectivity index (χ0) is 23.7. The molecular formula is C24H33N5O5. The summed E-state index contributed by atoms with van der Waals surface area (Å²) in [4.78, 5) is 21.3. The van der Waals surface area contributed by atoms with Gasteiger partial charge in [0, 0.05) is 26.0 Å². The van der Waals surface area contributed by atoms with Crippen LogP contribution in [0.25, 0.3) is 11.4 Å². The van der Waals surface area contributed by atoms with Crippen LogP contribution in [-0.4, -0.2) is 55.0 Å². The molecule has 1 N–H and O–H groups in total. The molecule has 3 heterocycles. The summed E-state index contributed by atoms with van der Waals surface area (Å²) in [7, 11) is 1.84. The normalized spacial score (nSPS) is 27.5. The van der Waals surface area contributed by atoms with Crippen LogP contribution in [0.1, 0.15) is 82.0 Å². The first-order chi connectivity index (χ1) is 16.4. The molecule has 2 aromatic rings. The lowest BCUT2D eigenvalue weighted by atomic mass is 9.74. The number of aliphatic carboxylic acids is 1. The molecule has 2 aliphatic carbocycles. The zero-order valence-corrected chi connectivity index (χ0v) is 19.9. The molecule has 1 saturated heterocycles. The van der Waals surface area contributed by atoms with Gasteiger partial charge in [0.25, 0.3) is 0 Å². The van der Waals surface area contributed by atoms with Crippen LogP contribution in [0.5, 0.6) is 5.88 Å². The minimum atomic E-state index is -0.763. The number of rotatable bonds is 8. The van der Waals surface area contributed by atoms with E-state index in [4.69, 9.17) is 19.2 Å². The van der Waals surface area contributed by atoms with E-state index in [1.165, 1.54) is 0 Å². The van der Waals surface area contributed by atoms with Crippen LogP contribution in [0.15, 0.2) is 6.20 Å². The number of hydrogen-bond acceptors (Lipinski definition) is 8. The maximum Gasteiger partial charge on any atom is 0.309 e. The van der Waals surface area contributed by atoms with Gasteiger partial charge in [-0.3, -0.25) is 4.79 Å². The van der Waals surface area contributed by atoms with Gasteiger partial charge in [-0.05, 0) is 58.3 Å². The molecule has 2 saturated carbocycles. The van der Waals surface area contributed by atoms with E-state index in [2.05, 4.69) is 15.3 Å². The van der Waals surface area contributed by atoms with Gasteiger partial charge in [0.15, 0.2) is 6.29 Å². The van der Waals surface area contributed by atoms with Crippen molar-refractivity contribution in [3.8, 4) is 17.3 Å². The Morgan fingerprint density at radius 2 is 2.12 bits per heavy atom. The summed E-state index contributed by atoms with van der Waals surface area (Å²) in [5.74, 6) is 0.0627. The zero-order valence-electron chi connectivity index (χ0n) is 19.9. The molecule has 10 nitrogen and oxygen atoms in total. The first kappa shape index (κ1) is 23.2. The minimum absolute atomic E-state index is 0.177. The summed E-state index contributed by atoms with van der Waals surface area (Å²) in [6, 6.07) is 0. The Bertz CT molecular complexity index is 1030. The second kappa shape index (κ2) is 9.58. The lowest BCUT2D eigenvalue weighted by Crippen LogP contribution is -2.38. The number of aromatic nitrogens is 5. The third-order valence-corrected chi connectivity index (χ3v) is 7.18. The Morgan fingerprint density at radius 3 is 2.85 bits per heavy atom. The van der Waals surface area contributed by atoms with Gasteiger partial charge < -0.3 is 19.3 Å². The van der Waals surface area contributed by atoms with Crippen molar-refractivity contribution in [2.75, 3.05) is 6.61 Å². The number of aryl methyl sites for hydroxylation is 1. The largest absolute Gasteiger partial charge is 0.481 e. The van der Waals surface area contributed by atoms with Crippen molar-refractivity contribution < 1.29 is 24.1 Å². The van der Waals surface area contributed by atoms with Crippen molar-refractivity contribution in [1.82, 2.24) is 25.0 Å². The standard InChI is InChI=1S/C24H33N5O5/c1-24(23(30)31)10-5-6-16(12-24)34-22-20(15-8-9-15)26-17(13-25-22)21-18(29(2)28-27-21)14-33-19-7-3-4-11-32-19/h13,15-16,19H,3-12,14H2,1-2H3,(H,30,31)/t16-,19?,24-/m0/s1. The number of carboxylic acids is 1. The Labute approximate surface area is 199 Å². The molecule has 0 bridgehead atoms. The third-order valence-electron chi connectivity index (χ3n) is 7.18. The van der Waals surface area contributed by atoms with E-state index in [1.54, 1.807) is 17.8 Å². The summed E-state index contributed by atoms with van der Waals surface area (Å²) in [6.45, 7) is 2.86. The molecular weight excluding hydrogens is 438 g/mol. The highest BCUT2D eigenvalue weighted by molar-refractivity contribution is 5.74. The molecule has 3 fully saturated rings. The molecule has 0 aromatic carbocycles. The molecule has 0 spiro atoms. The second-order valence-corrected chi connectivity index (χ2v) is 10.0. The van der Waals surface area contributed by atoms with Crippen LogP contribution < -0.4 is 4.74 Å². The first-order valence-corrected chi connectivity index (χ1v) is 12.3. The van der Waals surface area contributed by atoms with Gasteiger partial charge in [-0.1, -0.05) is 5.21 Å². The lowest BCUT2D eigenvalue weighted by molar-refractivity contribution is -0.169. The summed E-state index contributed by atoms with van der Waals surface area (Å²) in [5.41, 5.74) is 2.18. The van der Waals surface area contributed by atoms with E-state index in [-0.39, 0.29) is 12.4 Å². The van der Waals surface area contributed by atoms with Crippen LogP contribution in [0, 0.1) is 5.41 Å². The van der Waals surface area contributed by atoms with Crippen molar-refractivity contribution in [3.05, 3.63) is 17.6 Å². The summed E-state index contributed by atoms with van der Waals surface area (Å²) >= 11 is 0. The molecule has 3 aliphatic rings. The maximum atomic E-state index is 11.7. The summed E-state index contributed by atoms with van der Waals surface area (Å²) in [6.07, 6.45) is 9.24. The van der Waals surface area contributed by atoms with Gasteiger partial charge >= 0.3 is 5.97 Å². The molecule has 0 radical (unpaired) electrons. The van der Waals surface area contributed by atoms with Crippen molar-refractivity contribution >= 4 is 5.97 Å².